The number of hydrogen-bond donors (Lipinski definition) is 0. The number of nitrogens with zero attached hydrogens (tertiary/aromatic N) is 3. The van der Waals surface area contributed by atoms with E-state index in [9.17, 15) is 0 Å². The second-order valence-corrected chi connectivity index (χ2v) is 7.78. The summed E-state index contributed by atoms with van der Waals surface area (Å²) in [6.07, 6.45) is 0. The van der Waals surface area contributed by atoms with Crippen LogP contribution in [-0.2, 0) is 0 Å². The fourth-order valence-corrected chi connectivity index (χ4v) is 4.16. The number of hydrogen-bond acceptors (Lipinski definition) is 4. The molecule has 0 spiro atoms. The van der Waals surface area contributed by atoms with Crippen LogP contribution in [0.4, 0.5) is 0 Å². The monoisotopic (exact) mass is 459 g/mol. The van der Waals surface area contributed by atoms with E-state index in [1.54, 1.807) is 18.2 Å². The molecule has 7 rings (SSSR count). The van der Waals surface area contributed by atoms with Gasteiger partial charge in [-0.15, -0.1) is 0 Å². The highest BCUT2D eigenvalue weighted by Crippen LogP contribution is 2.47. The van der Waals surface area contributed by atoms with Gasteiger partial charge in [-0.2, -0.15) is 0 Å². The highest BCUT2D eigenvalue weighted by Gasteiger charge is 2.21. The first kappa shape index (κ1) is 12.0. The summed E-state index contributed by atoms with van der Waals surface area (Å²) in [4.78, 5) is 13.4. The van der Waals surface area contributed by atoms with Crippen molar-refractivity contribution in [2.75, 3.05) is 0 Å². The molecule has 0 atom stereocenters. The molecule has 0 N–H and O–H groups in total. The van der Waals surface area contributed by atoms with Gasteiger partial charge in [-0.3, -0.25) is 0 Å². The Morgan fingerprint density at radius 3 is 1.80 bits per heavy atom. The number of benzene rings is 5. The minimum Gasteiger partial charge on any atom is -0.456 e. The van der Waals surface area contributed by atoms with Gasteiger partial charge in [0.1, 0.15) is 11.5 Å². The zero-order chi connectivity index (χ0) is 31.9. The molecule has 0 fully saturated rings. The lowest BCUT2D eigenvalue weighted by Crippen LogP contribution is -2.01. The maximum absolute atomic E-state index is 8.51. The maximum Gasteiger partial charge on any atom is 0.164 e. The van der Waals surface area contributed by atoms with Gasteiger partial charge < -0.3 is 4.74 Å². The fraction of sp³-hybridized carbons (Fsp3) is 0. The highest BCUT2D eigenvalue weighted by molar-refractivity contribution is 6.04. The Morgan fingerprint density at radius 1 is 0.543 bits per heavy atom. The van der Waals surface area contributed by atoms with Crippen molar-refractivity contribution < 1.29 is 18.4 Å². The third-order valence-corrected chi connectivity index (χ3v) is 5.70. The molecule has 0 unspecified atom stereocenters. The van der Waals surface area contributed by atoms with Gasteiger partial charge in [0.2, 0.25) is 0 Å². The van der Waals surface area contributed by atoms with E-state index in [1.165, 1.54) is 0 Å². The summed E-state index contributed by atoms with van der Waals surface area (Å²) in [5, 5.41) is 1.90. The Bertz CT molecular complexity index is 2120. The molecule has 0 amide bonds. The molecule has 35 heavy (non-hydrogen) atoms. The summed E-state index contributed by atoms with van der Waals surface area (Å²) in [6, 6.07) is 11.0. The summed E-state index contributed by atoms with van der Waals surface area (Å²) >= 11 is 0. The first-order valence-electron chi connectivity index (χ1n) is 15.7. The maximum atomic E-state index is 8.51. The molecular formula is C31H19N3O. The smallest absolute Gasteiger partial charge is 0.164 e. The van der Waals surface area contributed by atoms with E-state index in [0.717, 1.165) is 21.9 Å². The second-order valence-electron chi connectivity index (χ2n) is 7.78. The molecule has 5 aromatic carbocycles. The molecule has 0 saturated carbocycles. The van der Waals surface area contributed by atoms with Gasteiger partial charge in [-0.05, 0) is 35.2 Å². The van der Waals surface area contributed by atoms with Crippen molar-refractivity contribution in [3.63, 3.8) is 0 Å². The molecule has 0 aliphatic carbocycles. The first-order chi connectivity index (χ1) is 21.5. The Hall–Kier alpha value is -4.83. The molecule has 4 nitrogen and oxygen atoms in total. The van der Waals surface area contributed by atoms with Gasteiger partial charge in [-0.1, -0.05) is 90.8 Å². The van der Waals surface area contributed by atoms with Crippen molar-refractivity contribution in [3.05, 3.63) is 115 Å². The molecule has 6 aromatic rings. The molecule has 1 aromatic heterocycles. The first-order valence-corrected chi connectivity index (χ1v) is 10.7. The molecule has 0 saturated heterocycles. The average molecular weight is 460 g/mol. The van der Waals surface area contributed by atoms with Crippen LogP contribution in [0.25, 0.3) is 56.1 Å². The standard InChI is InChI=1S/C31H19N3O/c1-3-9-21(10-4-1)29-32-30(22-11-5-2-6-12-22)34-31(33-29)23-17-18-26-25(19-23)24-15-7-13-20-14-8-16-27(35-26)28(20)24/h1-19H/i1D,2D,3D,4D,5D,6D,9D,10D,11D,12D. The van der Waals surface area contributed by atoms with Crippen molar-refractivity contribution in [1.82, 2.24) is 15.0 Å². The van der Waals surface area contributed by atoms with Gasteiger partial charge in [0.15, 0.2) is 17.5 Å². The van der Waals surface area contributed by atoms with Crippen LogP contribution in [0.5, 0.6) is 11.5 Å². The Kier molecular flexibility index (Phi) is 2.71. The zero-order valence-corrected chi connectivity index (χ0v) is 17.9. The lowest BCUT2D eigenvalue weighted by molar-refractivity contribution is 0.487. The number of fused-ring (bicyclic) bond motifs is 2. The van der Waals surface area contributed by atoms with Crippen LogP contribution < -0.4 is 4.74 Å². The van der Waals surface area contributed by atoms with Crippen molar-refractivity contribution >= 4 is 10.8 Å². The van der Waals surface area contributed by atoms with Gasteiger partial charge in [0.25, 0.3) is 0 Å². The average Bonchev–Trinajstić information content (AvgIpc) is 3.05. The molecule has 4 heteroatoms. The van der Waals surface area contributed by atoms with E-state index in [0.29, 0.717) is 17.1 Å². The van der Waals surface area contributed by atoms with Gasteiger partial charge in [-0.25, -0.2) is 15.0 Å². The van der Waals surface area contributed by atoms with E-state index in [4.69, 9.17) is 18.4 Å². The van der Waals surface area contributed by atoms with Crippen LogP contribution in [0.15, 0.2) is 115 Å². The Balaban J connectivity index is 1.52. The molecule has 0 bridgehead atoms. The van der Waals surface area contributed by atoms with Crippen LogP contribution in [-0.4, -0.2) is 15.0 Å². The number of ether oxygens (including phenoxy) is 1. The number of aromatic nitrogens is 3. The van der Waals surface area contributed by atoms with E-state index in [1.807, 2.05) is 36.4 Å². The Morgan fingerprint density at radius 2 is 1.14 bits per heavy atom. The summed E-state index contributed by atoms with van der Waals surface area (Å²) in [7, 11) is 0. The van der Waals surface area contributed by atoms with Crippen LogP contribution in [0.1, 0.15) is 13.7 Å². The van der Waals surface area contributed by atoms with E-state index < -0.39 is 60.4 Å². The third kappa shape index (κ3) is 3.35. The summed E-state index contributed by atoms with van der Waals surface area (Å²) < 4.78 is 88.9. The van der Waals surface area contributed by atoms with Gasteiger partial charge in [0.05, 0.1) is 13.7 Å². The van der Waals surface area contributed by atoms with Crippen LogP contribution in [0, 0.1) is 0 Å². The van der Waals surface area contributed by atoms with Crippen LogP contribution >= 0.6 is 0 Å². The van der Waals surface area contributed by atoms with Crippen molar-refractivity contribution in [1.29, 1.82) is 0 Å². The zero-order valence-electron chi connectivity index (χ0n) is 27.9. The molecule has 1 aliphatic rings. The predicted molar refractivity (Wildman–Crippen MR) is 139 cm³/mol. The quantitative estimate of drug-likeness (QED) is 0.270. The van der Waals surface area contributed by atoms with Crippen LogP contribution in [0.2, 0.25) is 0 Å². The van der Waals surface area contributed by atoms with Crippen LogP contribution in [0.3, 0.4) is 0 Å². The summed E-state index contributed by atoms with van der Waals surface area (Å²) in [5.74, 6) is 0.633. The lowest BCUT2D eigenvalue weighted by Gasteiger charge is -2.21. The molecule has 2 heterocycles. The topological polar surface area (TPSA) is 47.9 Å². The lowest BCUT2D eigenvalue weighted by atomic mass is 9.93. The largest absolute Gasteiger partial charge is 0.456 e. The predicted octanol–water partition coefficient (Wildman–Crippen LogP) is 7.80. The van der Waals surface area contributed by atoms with E-state index in [-0.39, 0.29) is 28.6 Å². The van der Waals surface area contributed by atoms with Gasteiger partial charge >= 0.3 is 0 Å². The number of rotatable bonds is 3. The minimum atomic E-state index is -0.602. The van der Waals surface area contributed by atoms with E-state index >= 15 is 0 Å². The minimum absolute atomic E-state index is 0.0116. The van der Waals surface area contributed by atoms with Crippen molar-refractivity contribution in [2.45, 2.75) is 0 Å². The molecule has 1 aliphatic heterocycles. The molecular weight excluding hydrogens is 430 g/mol. The summed E-state index contributed by atoms with van der Waals surface area (Å²) in [5.41, 5.74) is 1.41. The van der Waals surface area contributed by atoms with E-state index in [2.05, 4.69) is 15.0 Å². The van der Waals surface area contributed by atoms with Crippen molar-refractivity contribution in [3.8, 4) is 56.8 Å². The Labute approximate surface area is 216 Å². The third-order valence-electron chi connectivity index (χ3n) is 5.70. The summed E-state index contributed by atoms with van der Waals surface area (Å²) in [6.45, 7) is 0. The normalized spacial score (nSPS) is 15.7. The SMILES string of the molecule is [2H]c1c([2H])c([2H])c(-c2nc(-c3ccc4c(c3)-c3cccc5cccc(c35)O4)nc(-c3c([2H])c([2H])c([2H])c([2H])c3[2H])n2)c([2H])c1[2H]. The second kappa shape index (κ2) is 7.89. The molecule has 164 valence electrons. The fourth-order valence-electron chi connectivity index (χ4n) is 4.16. The highest BCUT2D eigenvalue weighted by atomic mass is 16.5. The van der Waals surface area contributed by atoms with Crippen molar-refractivity contribution in [2.24, 2.45) is 0 Å². The molecule has 0 radical (unpaired) electrons. The van der Waals surface area contributed by atoms with Gasteiger partial charge in [0, 0.05) is 27.6 Å².